The number of Topliss-reactive ketones (excluding diaryl/α,β-unsaturated/α-hetero) is 1. The first kappa shape index (κ1) is 20.6. The van der Waals surface area contributed by atoms with Crippen LogP contribution in [0, 0.1) is 34.5 Å². The molecule has 8 unspecified atom stereocenters. The van der Waals surface area contributed by atoms with E-state index in [-0.39, 0.29) is 47.3 Å². The van der Waals surface area contributed by atoms with Gasteiger partial charge in [-0.1, -0.05) is 25.5 Å². The maximum Gasteiger partial charge on any atom is 0.303 e. The summed E-state index contributed by atoms with van der Waals surface area (Å²) in [7, 11) is 0. The van der Waals surface area contributed by atoms with Gasteiger partial charge in [-0.25, -0.2) is 0 Å². The number of hydrogen-bond donors (Lipinski definition) is 2. The van der Waals surface area contributed by atoms with E-state index < -0.39 is 23.0 Å². The van der Waals surface area contributed by atoms with Crippen LogP contribution >= 0.6 is 0 Å². The van der Waals surface area contributed by atoms with Crippen LogP contribution in [0.3, 0.4) is 0 Å². The van der Waals surface area contributed by atoms with Gasteiger partial charge in [0.05, 0.1) is 6.10 Å². The molecule has 0 radical (unpaired) electrons. The SMILES string of the molecule is CC(=O)OCC(=O)C12NN=CC1CC1C3CCC4=CC(=O)C=CC4(C)C3C(O)CC12C. The number of aliphatic hydroxyl groups excluding tert-OH is 1. The Bertz CT molecular complexity index is 954. The number of nitrogens with one attached hydrogen (secondary N) is 1. The number of ether oxygens (including phenoxy) is 1. The third kappa shape index (κ3) is 2.55. The lowest BCUT2D eigenvalue weighted by molar-refractivity contribution is -0.156. The Kier molecular flexibility index (Phi) is 4.39. The Morgan fingerprint density at radius 1 is 1.35 bits per heavy atom. The van der Waals surface area contributed by atoms with E-state index in [1.165, 1.54) is 6.92 Å². The van der Waals surface area contributed by atoms with Crippen molar-refractivity contribution in [3.8, 4) is 0 Å². The number of carbonyl (C=O) groups is 3. The average Bonchev–Trinajstić information content (AvgIpc) is 3.23. The van der Waals surface area contributed by atoms with Crippen LogP contribution in [0.1, 0.15) is 46.5 Å². The Balaban J connectivity index is 1.53. The maximum atomic E-state index is 13.4. The zero-order valence-corrected chi connectivity index (χ0v) is 18.3. The molecule has 3 fully saturated rings. The number of esters is 1. The predicted molar refractivity (Wildman–Crippen MR) is 113 cm³/mol. The second-order valence-electron chi connectivity index (χ2n) is 10.5. The lowest BCUT2D eigenvalue weighted by Crippen LogP contribution is -2.66. The van der Waals surface area contributed by atoms with Crippen molar-refractivity contribution in [3.63, 3.8) is 0 Å². The minimum atomic E-state index is -0.964. The van der Waals surface area contributed by atoms with Crippen molar-refractivity contribution in [1.82, 2.24) is 5.43 Å². The van der Waals surface area contributed by atoms with Crippen LogP contribution in [0.4, 0.5) is 0 Å². The molecule has 4 aliphatic carbocycles. The van der Waals surface area contributed by atoms with Crippen LogP contribution in [-0.2, 0) is 19.1 Å². The molecule has 166 valence electrons. The van der Waals surface area contributed by atoms with E-state index in [4.69, 9.17) is 4.74 Å². The summed E-state index contributed by atoms with van der Waals surface area (Å²) in [6, 6.07) is 0. The van der Waals surface area contributed by atoms with Crippen molar-refractivity contribution in [2.45, 2.75) is 58.1 Å². The number of hydrazone groups is 1. The fourth-order valence-corrected chi connectivity index (χ4v) is 7.92. The largest absolute Gasteiger partial charge is 0.458 e. The smallest absolute Gasteiger partial charge is 0.303 e. The zero-order valence-electron chi connectivity index (χ0n) is 18.3. The number of nitrogens with zero attached hydrogens (tertiary/aromatic N) is 1. The summed E-state index contributed by atoms with van der Waals surface area (Å²) in [6.45, 7) is 5.25. The van der Waals surface area contributed by atoms with E-state index >= 15 is 0 Å². The molecule has 0 spiro atoms. The Morgan fingerprint density at radius 2 is 2.13 bits per heavy atom. The van der Waals surface area contributed by atoms with Crippen molar-refractivity contribution in [2.24, 2.45) is 39.6 Å². The summed E-state index contributed by atoms with van der Waals surface area (Å²) >= 11 is 0. The van der Waals surface area contributed by atoms with Gasteiger partial charge in [0.2, 0.25) is 0 Å². The molecule has 2 N–H and O–H groups in total. The second kappa shape index (κ2) is 6.61. The fraction of sp³-hybridized carbons (Fsp3) is 0.667. The van der Waals surface area contributed by atoms with Gasteiger partial charge in [0.25, 0.3) is 0 Å². The maximum absolute atomic E-state index is 13.4. The van der Waals surface area contributed by atoms with Gasteiger partial charge in [0, 0.05) is 35.8 Å². The van der Waals surface area contributed by atoms with Gasteiger partial charge in [-0.15, -0.1) is 0 Å². The molecule has 5 aliphatic rings. The molecule has 1 heterocycles. The van der Waals surface area contributed by atoms with Crippen LogP contribution in [0.25, 0.3) is 0 Å². The van der Waals surface area contributed by atoms with Gasteiger partial charge in [0.15, 0.2) is 18.2 Å². The standard InChI is InChI=1S/C24H30N2O5/c1-13(27)31-12-20(30)24-15(11-25-26-24)9-18-17-5-4-14-8-16(28)6-7-22(14,2)21(17)19(29)10-23(18,24)3/h6-8,11,15,17-19,21,26,29H,4-5,9-10,12H2,1-3H3. The van der Waals surface area contributed by atoms with Gasteiger partial charge in [-0.05, 0) is 49.7 Å². The molecule has 8 atom stereocenters. The van der Waals surface area contributed by atoms with Crippen molar-refractivity contribution in [2.75, 3.05) is 6.61 Å². The van der Waals surface area contributed by atoms with Crippen molar-refractivity contribution < 1.29 is 24.2 Å². The molecule has 5 rings (SSSR count). The number of hydrogen-bond acceptors (Lipinski definition) is 7. The molecule has 3 saturated carbocycles. The molecular formula is C24H30N2O5. The summed E-state index contributed by atoms with van der Waals surface area (Å²) in [5.41, 5.74) is 2.42. The van der Waals surface area contributed by atoms with Crippen molar-refractivity contribution in [3.05, 3.63) is 23.8 Å². The number of ketones is 2. The van der Waals surface area contributed by atoms with Crippen LogP contribution in [0.5, 0.6) is 0 Å². The van der Waals surface area contributed by atoms with Crippen molar-refractivity contribution >= 4 is 23.8 Å². The molecule has 7 heteroatoms. The molecule has 31 heavy (non-hydrogen) atoms. The Hall–Kier alpha value is -2.28. The first-order chi connectivity index (χ1) is 14.6. The van der Waals surface area contributed by atoms with E-state index in [2.05, 4.69) is 24.4 Å². The quantitative estimate of drug-likeness (QED) is 0.669. The van der Waals surface area contributed by atoms with E-state index in [9.17, 15) is 19.5 Å². The van der Waals surface area contributed by atoms with Crippen LogP contribution in [-0.4, -0.2) is 47.1 Å². The third-order valence-corrected chi connectivity index (χ3v) is 9.19. The minimum Gasteiger partial charge on any atom is -0.458 e. The zero-order chi connectivity index (χ0) is 22.2. The third-order valence-electron chi connectivity index (χ3n) is 9.19. The summed E-state index contributed by atoms with van der Waals surface area (Å²) in [4.78, 5) is 36.8. The molecule has 0 bridgehead atoms. The van der Waals surface area contributed by atoms with Gasteiger partial charge in [-0.3, -0.25) is 19.8 Å². The monoisotopic (exact) mass is 426 g/mol. The van der Waals surface area contributed by atoms with E-state index in [1.807, 2.05) is 12.3 Å². The highest BCUT2D eigenvalue weighted by molar-refractivity contribution is 6.01. The van der Waals surface area contributed by atoms with Crippen LogP contribution in [0.2, 0.25) is 0 Å². The molecule has 0 aromatic carbocycles. The molecule has 0 saturated heterocycles. The van der Waals surface area contributed by atoms with Gasteiger partial charge >= 0.3 is 5.97 Å². The fourth-order valence-electron chi connectivity index (χ4n) is 7.92. The number of fused-ring (bicyclic) bond motifs is 7. The average molecular weight is 427 g/mol. The highest BCUT2D eigenvalue weighted by atomic mass is 16.5. The Labute approximate surface area is 182 Å². The minimum absolute atomic E-state index is 0.00584. The van der Waals surface area contributed by atoms with E-state index in [1.54, 1.807) is 12.2 Å². The molecule has 0 aromatic rings. The highest BCUT2D eigenvalue weighted by Crippen LogP contribution is 2.68. The lowest BCUT2D eigenvalue weighted by Gasteiger charge is -2.60. The van der Waals surface area contributed by atoms with Gasteiger partial charge < -0.3 is 9.84 Å². The number of rotatable bonds is 3. The molecule has 0 amide bonds. The first-order valence-electron chi connectivity index (χ1n) is 11.2. The van der Waals surface area contributed by atoms with Gasteiger partial charge in [0.1, 0.15) is 5.54 Å². The summed E-state index contributed by atoms with van der Waals surface area (Å²) in [5, 5.41) is 15.8. The lowest BCUT2D eigenvalue weighted by atomic mass is 9.46. The summed E-state index contributed by atoms with van der Waals surface area (Å²) in [6.07, 6.45) is 9.57. The predicted octanol–water partition coefficient (Wildman–Crippen LogP) is 1.95. The van der Waals surface area contributed by atoms with Crippen LogP contribution < -0.4 is 5.43 Å². The number of allylic oxidation sites excluding steroid dienone is 4. The van der Waals surface area contributed by atoms with E-state index in [0.717, 1.165) is 24.8 Å². The molecule has 7 nitrogen and oxygen atoms in total. The highest BCUT2D eigenvalue weighted by Gasteiger charge is 2.72. The van der Waals surface area contributed by atoms with Crippen LogP contribution in [0.15, 0.2) is 28.9 Å². The normalized spacial score (nSPS) is 46.9. The Morgan fingerprint density at radius 3 is 2.87 bits per heavy atom. The molecule has 1 aliphatic heterocycles. The molecule has 0 aromatic heterocycles. The van der Waals surface area contributed by atoms with Crippen molar-refractivity contribution in [1.29, 1.82) is 0 Å². The number of carbonyl (C=O) groups excluding carboxylic acids is 3. The number of aliphatic hydroxyl groups is 1. The molecular weight excluding hydrogens is 396 g/mol. The second-order valence-corrected chi connectivity index (χ2v) is 10.5. The van der Waals surface area contributed by atoms with E-state index in [0.29, 0.717) is 6.42 Å². The topological polar surface area (TPSA) is 105 Å². The summed E-state index contributed by atoms with van der Waals surface area (Å²) in [5.74, 6) is -0.278. The van der Waals surface area contributed by atoms with Gasteiger partial charge in [-0.2, -0.15) is 5.10 Å². The summed E-state index contributed by atoms with van der Waals surface area (Å²) < 4.78 is 5.08. The first-order valence-corrected chi connectivity index (χ1v) is 11.2.